The standard InChI is InChI=1S/C20H27N3O3S/c1-2-23(18-5-3-4-6-18)20(24)17-11-13-22(14-12-17)27(25,26)19-9-7-16(15-21)8-10-19/h7-10,17-18H,2-6,11-14H2,1H3. The van der Waals surface area contributed by atoms with Crippen molar-refractivity contribution in [2.75, 3.05) is 19.6 Å². The van der Waals surface area contributed by atoms with Crippen LogP contribution in [0, 0.1) is 17.2 Å². The number of hydrogen-bond acceptors (Lipinski definition) is 4. The summed E-state index contributed by atoms with van der Waals surface area (Å²) in [6, 6.07) is 8.34. The average Bonchev–Trinajstić information content (AvgIpc) is 3.23. The lowest BCUT2D eigenvalue weighted by Crippen LogP contribution is -2.47. The number of hydrogen-bond donors (Lipinski definition) is 0. The fourth-order valence-corrected chi connectivity index (χ4v) is 5.71. The highest BCUT2D eigenvalue weighted by Crippen LogP contribution is 2.29. The van der Waals surface area contributed by atoms with Gasteiger partial charge in [0.25, 0.3) is 0 Å². The van der Waals surface area contributed by atoms with Gasteiger partial charge in [-0.2, -0.15) is 9.57 Å². The fourth-order valence-electron chi connectivity index (χ4n) is 4.24. The minimum absolute atomic E-state index is 0.0852. The van der Waals surface area contributed by atoms with E-state index < -0.39 is 10.0 Å². The molecule has 1 amide bonds. The van der Waals surface area contributed by atoms with E-state index in [2.05, 4.69) is 0 Å². The molecule has 1 aromatic rings. The van der Waals surface area contributed by atoms with Crippen molar-refractivity contribution in [1.82, 2.24) is 9.21 Å². The second kappa shape index (κ2) is 8.41. The summed E-state index contributed by atoms with van der Waals surface area (Å²) in [7, 11) is -3.58. The minimum Gasteiger partial charge on any atom is -0.340 e. The predicted octanol–water partition coefficient (Wildman–Crippen LogP) is 2.75. The number of amides is 1. The minimum atomic E-state index is -3.58. The first kappa shape index (κ1) is 19.8. The van der Waals surface area contributed by atoms with Crippen LogP contribution in [0.25, 0.3) is 0 Å². The summed E-state index contributed by atoms with van der Waals surface area (Å²) in [5, 5.41) is 8.86. The topological polar surface area (TPSA) is 81.5 Å². The van der Waals surface area contributed by atoms with Crippen LogP contribution in [0.5, 0.6) is 0 Å². The molecule has 0 spiro atoms. The molecular formula is C20H27N3O3S. The number of carbonyl (C=O) groups is 1. The highest BCUT2D eigenvalue weighted by atomic mass is 32.2. The summed E-state index contributed by atoms with van der Waals surface area (Å²) in [6.07, 6.45) is 5.69. The zero-order valence-electron chi connectivity index (χ0n) is 15.8. The van der Waals surface area contributed by atoms with Crippen molar-refractivity contribution in [2.45, 2.75) is 56.4 Å². The lowest BCUT2D eigenvalue weighted by atomic mass is 9.95. The van der Waals surface area contributed by atoms with Crippen molar-refractivity contribution in [3.05, 3.63) is 29.8 Å². The molecule has 2 fully saturated rings. The van der Waals surface area contributed by atoms with Crippen LogP contribution in [0.1, 0.15) is 51.0 Å². The smallest absolute Gasteiger partial charge is 0.243 e. The van der Waals surface area contributed by atoms with E-state index in [-0.39, 0.29) is 16.7 Å². The van der Waals surface area contributed by atoms with Gasteiger partial charge in [0, 0.05) is 31.6 Å². The van der Waals surface area contributed by atoms with Crippen LogP contribution >= 0.6 is 0 Å². The first-order chi connectivity index (χ1) is 13.0. The third-order valence-corrected chi connectivity index (χ3v) is 7.73. The normalized spacial score (nSPS) is 19.7. The Morgan fingerprint density at radius 3 is 2.26 bits per heavy atom. The monoisotopic (exact) mass is 389 g/mol. The van der Waals surface area contributed by atoms with Gasteiger partial charge in [-0.3, -0.25) is 4.79 Å². The van der Waals surface area contributed by atoms with Crippen molar-refractivity contribution < 1.29 is 13.2 Å². The molecule has 0 aromatic heterocycles. The van der Waals surface area contributed by atoms with Gasteiger partial charge in [0.05, 0.1) is 16.5 Å². The Morgan fingerprint density at radius 1 is 1.15 bits per heavy atom. The van der Waals surface area contributed by atoms with Gasteiger partial charge in [-0.15, -0.1) is 0 Å². The Morgan fingerprint density at radius 2 is 1.74 bits per heavy atom. The maximum absolute atomic E-state index is 12.9. The van der Waals surface area contributed by atoms with Crippen LogP contribution in [-0.4, -0.2) is 49.2 Å². The highest BCUT2D eigenvalue weighted by molar-refractivity contribution is 7.89. The Labute approximate surface area is 161 Å². The molecule has 1 aromatic carbocycles. The summed E-state index contributed by atoms with van der Waals surface area (Å²) in [5.74, 6) is 0.109. The lowest BCUT2D eigenvalue weighted by molar-refractivity contribution is -0.138. The van der Waals surface area contributed by atoms with E-state index in [9.17, 15) is 13.2 Å². The van der Waals surface area contributed by atoms with Crippen LogP contribution in [0.3, 0.4) is 0 Å². The highest BCUT2D eigenvalue weighted by Gasteiger charge is 2.35. The van der Waals surface area contributed by atoms with E-state index in [1.807, 2.05) is 17.9 Å². The molecule has 1 saturated heterocycles. The third-order valence-electron chi connectivity index (χ3n) is 5.81. The van der Waals surface area contributed by atoms with Crippen LogP contribution in [0.15, 0.2) is 29.2 Å². The van der Waals surface area contributed by atoms with Crippen molar-refractivity contribution in [3.63, 3.8) is 0 Å². The van der Waals surface area contributed by atoms with Gasteiger partial charge >= 0.3 is 0 Å². The molecule has 6 nitrogen and oxygen atoms in total. The number of sulfonamides is 1. The number of nitrogens with zero attached hydrogens (tertiary/aromatic N) is 3. The van der Waals surface area contributed by atoms with E-state index in [1.165, 1.54) is 41.4 Å². The van der Waals surface area contributed by atoms with Gasteiger partial charge in [0.15, 0.2) is 0 Å². The summed E-state index contributed by atoms with van der Waals surface area (Å²) in [4.78, 5) is 15.2. The molecule has 1 heterocycles. The van der Waals surface area contributed by atoms with Crippen molar-refractivity contribution in [2.24, 2.45) is 5.92 Å². The SMILES string of the molecule is CCN(C(=O)C1CCN(S(=O)(=O)c2ccc(C#N)cc2)CC1)C1CCCC1. The van der Waals surface area contributed by atoms with Gasteiger partial charge in [-0.1, -0.05) is 12.8 Å². The fraction of sp³-hybridized carbons (Fsp3) is 0.600. The summed E-state index contributed by atoms with van der Waals surface area (Å²) in [6.45, 7) is 3.48. The van der Waals surface area contributed by atoms with Gasteiger partial charge in [-0.05, 0) is 56.9 Å². The second-order valence-corrected chi connectivity index (χ2v) is 9.32. The van der Waals surface area contributed by atoms with E-state index in [0.717, 1.165) is 19.4 Å². The molecule has 0 atom stereocenters. The zero-order chi connectivity index (χ0) is 19.4. The van der Waals surface area contributed by atoms with Gasteiger partial charge < -0.3 is 4.90 Å². The summed E-state index contributed by atoms with van der Waals surface area (Å²) < 4.78 is 27.1. The third kappa shape index (κ3) is 4.17. The molecule has 0 unspecified atom stereocenters. The number of rotatable bonds is 5. The molecule has 7 heteroatoms. The molecule has 1 saturated carbocycles. The molecule has 3 rings (SSSR count). The molecule has 0 N–H and O–H groups in total. The number of benzene rings is 1. The Balaban J connectivity index is 1.63. The predicted molar refractivity (Wildman–Crippen MR) is 102 cm³/mol. The number of nitriles is 1. The van der Waals surface area contributed by atoms with Crippen LogP contribution in [0.2, 0.25) is 0 Å². The summed E-state index contributed by atoms with van der Waals surface area (Å²) in [5.41, 5.74) is 0.435. The molecule has 0 radical (unpaired) electrons. The Hall–Kier alpha value is -1.91. The quantitative estimate of drug-likeness (QED) is 0.775. The van der Waals surface area contributed by atoms with Crippen molar-refractivity contribution in [3.8, 4) is 6.07 Å². The molecule has 0 bridgehead atoms. The summed E-state index contributed by atoms with van der Waals surface area (Å²) >= 11 is 0. The molecule has 1 aliphatic carbocycles. The van der Waals surface area contributed by atoms with E-state index >= 15 is 0 Å². The Kier molecular flexibility index (Phi) is 6.18. The molecule has 2 aliphatic rings. The second-order valence-electron chi connectivity index (χ2n) is 7.38. The van der Waals surface area contributed by atoms with Crippen LogP contribution in [0.4, 0.5) is 0 Å². The van der Waals surface area contributed by atoms with Crippen molar-refractivity contribution in [1.29, 1.82) is 5.26 Å². The zero-order valence-corrected chi connectivity index (χ0v) is 16.6. The Bertz CT molecular complexity index is 800. The average molecular weight is 390 g/mol. The molecule has 146 valence electrons. The van der Waals surface area contributed by atoms with Gasteiger partial charge in [-0.25, -0.2) is 8.42 Å². The first-order valence-corrected chi connectivity index (χ1v) is 11.2. The first-order valence-electron chi connectivity index (χ1n) is 9.78. The van der Waals surface area contributed by atoms with E-state index in [0.29, 0.717) is 37.5 Å². The molecular weight excluding hydrogens is 362 g/mol. The van der Waals surface area contributed by atoms with E-state index in [4.69, 9.17) is 5.26 Å². The maximum atomic E-state index is 12.9. The molecule has 27 heavy (non-hydrogen) atoms. The maximum Gasteiger partial charge on any atom is 0.243 e. The largest absolute Gasteiger partial charge is 0.340 e. The van der Waals surface area contributed by atoms with E-state index in [1.54, 1.807) is 0 Å². The number of carbonyl (C=O) groups excluding carboxylic acids is 1. The van der Waals surface area contributed by atoms with Gasteiger partial charge in [0.2, 0.25) is 15.9 Å². The van der Waals surface area contributed by atoms with Gasteiger partial charge in [0.1, 0.15) is 0 Å². The van der Waals surface area contributed by atoms with Crippen LogP contribution < -0.4 is 0 Å². The van der Waals surface area contributed by atoms with Crippen LogP contribution in [-0.2, 0) is 14.8 Å². The van der Waals surface area contributed by atoms with Crippen molar-refractivity contribution >= 4 is 15.9 Å². The lowest BCUT2D eigenvalue weighted by Gasteiger charge is -2.35. The molecule has 1 aliphatic heterocycles. The number of piperidine rings is 1.